The van der Waals surface area contributed by atoms with E-state index in [2.05, 4.69) is 10.1 Å². The summed E-state index contributed by atoms with van der Waals surface area (Å²) < 4.78 is 14.4. The lowest BCUT2D eigenvalue weighted by Crippen LogP contribution is -2.14. The summed E-state index contributed by atoms with van der Waals surface area (Å²) in [5, 5.41) is 4.32. The van der Waals surface area contributed by atoms with E-state index in [0.29, 0.717) is 10.7 Å². The van der Waals surface area contributed by atoms with Crippen LogP contribution in [0.25, 0.3) is 0 Å². The number of ketones is 1. The summed E-state index contributed by atoms with van der Waals surface area (Å²) in [5.74, 6) is -0.400. The van der Waals surface area contributed by atoms with E-state index >= 15 is 0 Å². The van der Waals surface area contributed by atoms with Gasteiger partial charge in [0.05, 0.1) is 5.25 Å². The first-order chi connectivity index (χ1) is 8.58. The van der Waals surface area contributed by atoms with Crippen molar-refractivity contribution in [2.45, 2.75) is 17.3 Å². The molecule has 4 nitrogen and oxygen atoms in total. The van der Waals surface area contributed by atoms with Gasteiger partial charge in [-0.25, -0.2) is 14.1 Å². The van der Waals surface area contributed by atoms with Gasteiger partial charge in [0, 0.05) is 12.6 Å². The molecule has 1 unspecified atom stereocenters. The molecule has 0 saturated heterocycles. The van der Waals surface area contributed by atoms with Gasteiger partial charge in [0.1, 0.15) is 12.1 Å². The molecule has 0 N–H and O–H groups in total. The molecule has 0 radical (unpaired) electrons. The Morgan fingerprint density at radius 1 is 1.39 bits per heavy atom. The number of aryl methyl sites for hydroxylation is 1. The maximum atomic E-state index is 12.8. The first-order valence-electron chi connectivity index (χ1n) is 5.38. The lowest BCUT2D eigenvalue weighted by atomic mass is 10.1. The molecule has 1 heterocycles. The fraction of sp³-hybridized carbons (Fsp3) is 0.250. The Morgan fingerprint density at radius 3 is 2.61 bits per heavy atom. The van der Waals surface area contributed by atoms with E-state index in [9.17, 15) is 9.18 Å². The van der Waals surface area contributed by atoms with Crippen LogP contribution in [0.5, 0.6) is 0 Å². The normalized spacial score (nSPS) is 12.4. The molecule has 0 spiro atoms. The molecule has 0 aliphatic carbocycles. The van der Waals surface area contributed by atoms with Crippen LogP contribution in [0.1, 0.15) is 17.3 Å². The molecule has 0 fully saturated rings. The van der Waals surface area contributed by atoms with Crippen LogP contribution < -0.4 is 0 Å². The summed E-state index contributed by atoms with van der Waals surface area (Å²) >= 11 is 1.33. The molecule has 2 rings (SSSR count). The minimum Gasteiger partial charge on any atom is -0.293 e. The van der Waals surface area contributed by atoms with Crippen molar-refractivity contribution in [2.75, 3.05) is 0 Å². The number of nitrogens with zero attached hydrogens (tertiary/aromatic N) is 3. The Kier molecular flexibility index (Phi) is 3.76. The minimum absolute atomic E-state index is 0.0528. The number of halogens is 1. The second-order valence-corrected chi connectivity index (χ2v) is 5.11. The summed E-state index contributed by atoms with van der Waals surface area (Å²) in [4.78, 5) is 16.1. The average molecular weight is 265 g/mol. The monoisotopic (exact) mass is 265 g/mol. The number of rotatable bonds is 4. The van der Waals surface area contributed by atoms with E-state index in [1.807, 2.05) is 0 Å². The molecular weight excluding hydrogens is 253 g/mol. The maximum Gasteiger partial charge on any atom is 0.186 e. The SMILES string of the molecule is CC(Sc1ncnn1C)C(=O)c1ccc(F)cc1. The van der Waals surface area contributed by atoms with E-state index < -0.39 is 0 Å². The van der Waals surface area contributed by atoms with Gasteiger partial charge in [-0.15, -0.1) is 0 Å². The van der Waals surface area contributed by atoms with Gasteiger partial charge < -0.3 is 0 Å². The smallest absolute Gasteiger partial charge is 0.186 e. The van der Waals surface area contributed by atoms with Gasteiger partial charge in [-0.3, -0.25) is 4.79 Å². The largest absolute Gasteiger partial charge is 0.293 e. The van der Waals surface area contributed by atoms with E-state index in [1.54, 1.807) is 18.7 Å². The Morgan fingerprint density at radius 2 is 2.06 bits per heavy atom. The van der Waals surface area contributed by atoms with E-state index in [0.717, 1.165) is 0 Å². The number of hydrogen-bond donors (Lipinski definition) is 0. The highest BCUT2D eigenvalue weighted by molar-refractivity contribution is 8.00. The molecule has 1 aromatic carbocycles. The zero-order valence-electron chi connectivity index (χ0n) is 10.0. The van der Waals surface area contributed by atoms with Crippen molar-refractivity contribution in [3.05, 3.63) is 42.0 Å². The van der Waals surface area contributed by atoms with E-state index in [4.69, 9.17) is 0 Å². The zero-order valence-corrected chi connectivity index (χ0v) is 10.8. The molecule has 94 valence electrons. The highest BCUT2D eigenvalue weighted by Crippen LogP contribution is 2.23. The van der Waals surface area contributed by atoms with Crippen molar-refractivity contribution in [3.63, 3.8) is 0 Å². The van der Waals surface area contributed by atoms with Gasteiger partial charge in [0.15, 0.2) is 10.9 Å². The summed E-state index contributed by atoms with van der Waals surface area (Å²) in [5.41, 5.74) is 0.499. The first-order valence-corrected chi connectivity index (χ1v) is 6.26. The molecule has 2 aromatic rings. The van der Waals surface area contributed by atoms with Crippen LogP contribution >= 0.6 is 11.8 Å². The highest BCUT2D eigenvalue weighted by atomic mass is 32.2. The number of carbonyl (C=O) groups is 1. The van der Waals surface area contributed by atoms with Crippen LogP contribution in [-0.2, 0) is 7.05 Å². The predicted octanol–water partition coefficient (Wildman–Crippen LogP) is 2.32. The fourth-order valence-corrected chi connectivity index (χ4v) is 2.32. The number of carbonyl (C=O) groups excluding carboxylic acids is 1. The second-order valence-electron chi connectivity index (χ2n) is 3.80. The van der Waals surface area contributed by atoms with Crippen molar-refractivity contribution in [1.82, 2.24) is 14.8 Å². The van der Waals surface area contributed by atoms with Gasteiger partial charge in [0.2, 0.25) is 0 Å². The van der Waals surface area contributed by atoms with Crippen LogP contribution in [0, 0.1) is 5.82 Å². The summed E-state index contributed by atoms with van der Waals surface area (Å²) in [7, 11) is 1.77. The van der Waals surface area contributed by atoms with Gasteiger partial charge >= 0.3 is 0 Å². The Hall–Kier alpha value is -1.69. The molecule has 0 amide bonds. The van der Waals surface area contributed by atoms with Crippen molar-refractivity contribution in [1.29, 1.82) is 0 Å². The zero-order chi connectivity index (χ0) is 13.1. The average Bonchev–Trinajstić information content (AvgIpc) is 2.75. The molecule has 0 aliphatic rings. The predicted molar refractivity (Wildman–Crippen MR) is 67.1 cm³/mol. The lowest BCUT2D eigenvalue weighted by Gasteiger charge is -2.09. The number of hydrogen-bond acceptors (Lipinski definition) is 4. The Bertz CT molecular complexity index is 553. The standard InChI is InChI=1S/C12H12FN3OS/c1-8(18-12-14-7-15-16(12)2)11(17)9-3-5-10(13)6-4-9/h3-8H,1-2H3. The summed E-state index contributed by atoms with van der Waals surface area (Å²) in [6.45, 7) is 1.80. The third-order valence-corrected chi connectivity index (χ3v) is 3.60. The third kappa shape index (κ3) is 2.76. The van der Waals surface area contributed by atoms with Gasteiger partial charge in [-0.1, -0.05) is 11.8 Å². The van der Waals surface area contributed by atoms with Crippen molar-refractivity contribution in [2.24, 2.45) is 7.05 Å². The molecule has 6 heteroatoms. The first kappa shape index (κ1) is 12.8. The number of thioether (sulfide) groups is 1. The lowest BCUT2D eigenvalue weighted by molar-refractivity contribution is 0.0994. The van der Waals surface area contributed by atoms with Crippen LogP contribution in [-0.4, -0.2) is 25.8 Å². The molecule has 0 saturated carbocycles. The summed E-state index contributed by atoms with van der Waals surface area (Å²) in [6, 6.07) is 5.55. The van der Waals surface area contributed by atoms with Crippen LogP contribution in [0.15, 0.2) is 35.7 Å². The van der Waals surface area contributed by atoms with Gasteiger partial charge in [-0.2, -0.15) is 5.10 Å². The molecule has 0 aliphatic heterocycles. The topological polar surface area (TPSA) is 47.8 Å². The molecule has 0 bridgehead atoms. The second kappa shape index (κ2) is 5.30. The Balaban J connectivity index is 2.09. The highest BCUT2D eigenvalue weighted by Gasteiger charge is 2.18. The molecule has 18 heavy (non-hydrogen) atoms. The van der Waals surface area contributed by atoms with Crippen molar-refractivity contribution >= 4 is 17.5 Å². The van der Waals surface area contributed by atoms with Crippen LogP contribution in [0.3, 0.4) is 0 Å². The quantitative estimate of drug-likeness (QED) is 0.628. The van der Waals surface area contributed by atoms with E-state index in [1.165, 1.54) is 42.4 Å². The fourth-order valence-electron chi connectivity index (χ4n) is 1.45. The summed E-state index contributed by atoms with van der Waals surface area (Å²) in [6.07, 6.45) is 1.44. The van der Waals surface area contributed by atoms with Crippen molar-refractivity contribution < 1.29 is 9.18 Å². The van der Waals surface area contributed by atoms with Crippen LogP contribution in [0.4, 0.5) is 4.39 Å². The van der Waals surface area contributed by atoms with Gasteiger partial charge in [-0.05, 0) is 31.2 Å². The number of aromatic nitrogens is 3. The van der Waals surface area contributed by atoms with Crippen molar-refractivity contribution in [3.8, 4) is 0 Å². The van der Waals surface area contributed by atoms with Crippen LogP contribution in [0.2, 0.25) is 0 Å². The molecular formula is C12H12FN3OS. The molecule has 1 atom stereocenters. The van der Waals surface area contributed by atoms with Gasteiger partial charge in [0.25, 0.3) is 0 Å². The van der Waals surface area contributed by atoms with E-state index in [-0.39, 0.29) is 16.9 Å². The maximum absolute atomic E-state index is 12.8. The third-order valence-electron chi connectivity index (χ3n) is 2.45. The number of Topliss-reactive ketones (excluding diaryl/α,β-unsaturated/α-hetero) is 1. The minimum atomic E-state index is -0.347. The number of benzene rings is 1. The Labute approximate surface area is 108 Å². The molecule has 1 aromatic heterocycles.